The van der Waals surface area contributed by atoms with Gasteiger partial charge >= 0.3 is 0 Å². The van der Waals surface area contributed by atoms with Crippen molar-refractivity contribution in [2.45, 2.75) is 32.9 Å². The van der Waals surface area contributed by atoms with Gasteiger partial charge in [0.2, 0.25) is 5.91 Å². The topological polar surface area (TPSA) is 64.0 Å². The Hall–Kier alpha value is -3.21. The van der Waals surface area contributed by atoms with Crippen LogP contribution in [0.2, 0.25) is 0 Å². The van der Waals surface area contributed by atoms with Crippen molar-refractivity contribution in [2.75, 3.05) is 0 Å². The molecular formula is C22H23N3O2. The van der Waals surface area contributed by atoms with Crippen molar-refractivity contribution in [1.82, 2.24) is 15.1 Å². The molecule has 2 aromatic carbocycles. The van der Waals surface area contributed by atoms with Gasteiger partial charge in [0, 0.05) is 18.1 Å². The molecule has 1 N–H and O–H groups in total. The van der Waals surface area contributed by atoms with E-state index in [9.17, 15) is 9.59 Å². The van der Waals surface area contributed by atoms with E-state index in [1.54, 1.807) is 6.07 Å². The molecule has 1 heterocycles. The minimum atomic E-state index is -0.213. The zero-order valence-electron chi connectivity index (χ0n) is 15.6. The van der Waals surface area contributed by atoms with Gasteiger partial charge < -0.3 is 5.32 Å². The Labute approximate surface area is 158 Å². The van der Waals surface area contributed by atoms with Crippen LogP contribution in [0.5, 0.6) is 0 Å². The monoisotopic (exact) mass is 361 g/mol. The predicted molar refractivity (Wildman–Crippen MR) is 106 cm³/mol. The molecule has 1 amide bonds. The highest BCUT2D eigenvalue weighted by Crippen LogP contribution is 2.16. The van der Waals surface area contributed by atoms with Crippen LogP contribution in [0.1, 0.15) is 30.5 Å². The average molecular weight is 361 g/mol. The van der Waals surface area contributed by atoms with Crippen LogP contribution in [0.25, 0.3) is 11.3 Å². The van der Waals surface area contributed by atoms with E-state index in [-0.39, 0.29) is 30.5 Å². The maximum atomic E-state index is 12.2. The number of nitrogens with one attached hydrogen (secondary N) is 1. The Bertz CT molecular complexity index is 963. The fraction of sp³-hybridized carbons (Fsp3) is 0.227. The van der Waals surface area contributed by atoms with Crippen LogP contribution in [-0.4, -0.2) is 15.7 Å². The number of carbonyl (C=O) groups excluding carboxylic acids is 1. The van der Waals surface area contributed by atoms with Crippen molar-refractivity contribution in [1.29, 1.82) is 0 Å². The summed E-state index contributed by atoms with van der Waals surface area (Å²) in [6, 6.07) is 20.9. The smallest absolute Gasteiger partial charge is 0.266 e. The minimum absolute atomic E-state index is 0.0812. The minimum Gasteiger partial charge on any atom is -0.350 e. The van der Waals surface area contributed by atoms with Gasteiger partial charge in [-0.05, 0) is 25.5 Å². The van der Waals surface area contributed by atoms with Crippen LogP contribution < -0.4 is 10.9 Å². The van der Waals surface area contributed by atoms with Gasteiger partial charge in [0.05, 0.1) is 18.3 Å². The molecule has 0 saturated carbocycles. The number of nitrogens with zero attached hydrogens (tertiary/aromatic N) is 2. The molecule has 1 aromatic heterocycles. The molecule has 0 spiro atoms. The molecular weight excluding hydrogens is 338 g/mol. The van der Waals surface area contributed by atoms with Crippen molar-refractivity contribution >= 4 is 5.91 Å². The van der Waals surface area contributed by atoms with Crippen LogP contribution in [0, 0.1) is 6.92 Å². The summed E-state index contributed by atoms with van der Waals surface area (Å²) < 4.78 is 1.35. The molecule has 0 fully saturated rings. The van der Waals surface area contributed by atoms with Gasteiger partial charge in [-0.1, -0.05) is 60.2 Å². The summed E-state index contributed by atoms with van der Waals surface area (Å²) >= 11 is 0. The summed E-state index contributed by atoms with van der Waals surface area (Å²) in [6.07, 6.45) is 0.196. The van der Waals surface area contributed by atoms with Crippen molar-refractivity contribution in [3.05, 3.63) is 88.2 Å². The summed E-state index contributed by atoms with van der Waals surface area (Å²) in [5.74, 6) is -0.110. The third-order valence-electron chi connectivity index (χ3n) is 4.44. The first-order valence-corrected chi connectivity index (χ1v) is 9.02. The van der Waals surface area contributed by atoms with Gasteiger partial charge in [-0.25, -0.2) is 4.68 Å². The maximum Gasteiger partial charge on any atom is 0.266 e. The molecule has 3 aromatic rings. The third kappa shape index (κ3) is 4.91. The van der Waals surface area contributed by atoms with Gasteiger partial charge in [0.15, 0.2) is 0 Å². The second-order valence-corrected chi connectivity index (χ2v) is 6.60. The Balaban J connectivity index is 1.65. The van der Waals surface area contributed by atoms with E-state index in [0.717, 1.165) is 16.7 Å². The highest BCUT2D eigenvalue weighted by atomic mass is 16.2. The molecule has 1 atom stereocenters. The van der Waals surface area contributed by atoms with Gasteiger partial charge in [0.1, 0.15) is 0 Å². The molecule has 0 aliphatic carbocycles. The van der Waals surface area contributed by atoms with Crippen LogP contribution in [0.4, 0.5) is 0 Å². The zero-order valence-corrected chi connectivity index (χ0v) is 15.6. The highest BCUT2D eigenvalue weighted by molar-refractivity contribution is 5.76. The lowest BCUT2D eigenvalue weighted by atomic mass is 10.1. The number of amides is 1. The lowest BCUT2D eigenvalue weighted by Gasteiger charge is -2.14. The van der Waals surface area contributed by atoms with E-state index in [1.807, 2.05) is 68.4 Å². The zero-order chi connectivity index (χ0) is 19.2. The molecule has 0 unspecified atom stereocenters. The number of aromatic nitrogens is 2. The lowest BCUT2D eigenvalue weighted by Crippen LogP contribution is -2.30. The van der Waals surface area contributed by atoms with Crippen molar-refractivity contribution in [2.24, 2.45) is 0 Å². The molecule has 5 nitrogen and oxygen atoms in total. The Morgan fingerprint density at radius 3 is 2.44 bits per heavy atom. The summed E-state index contributed by atoms with van der Waals surface area (Å²) in [5, 5.41) is 7.36. The van der Waals surface area contributed by atoms with E-state index >= 15 is 0 Å². The largest absolute Gasteiger partial charge is 0.350 e. The van der Waals surface area contributed by atoms with E-state index < -0.39 is 0 Å². The highest BCUT2D eigenvalue weighted by Gasteiger charge is 2.10. The standard InChI is InChI=1S/C22H23N3O2/c1-16-8-10-19(11-9-16)20-12-13-22(27)25(24-20)15-14-21(26)23-17(2)18-6-4-3-5-7-18/h3-13,17H,14-15H2,1-2H3,(H,23,26)/t17-/m0/s1. The third-order valence-corrected chi connectivity index (χ3v) is 4.44. The van der Waals surface area contributed by atoms with Crippen LogP contribution in [0.3, 0.4) is 0 Å². The van der Waals surface area contributed by atoms with Crippen LogP contribution in [-0.2, 0) is 11.3 Å². The molecule has 138 valence electrons. The van der Waals surface area contributed by atoms with Crippen LogP contribution in [0.15, 0.2) is 71.5 Å². The van der Waals surface area contributed by atoms with Crippen molar-refractivity contribution < 1.29 is 4.79 Å². The first-order chi connectivity index (χ1) is 13.0. The summed E-state index contributed by atoms with van der Waals surface area (Å²) in [5.41, 5.74) is 3.65. The Kier molecular flexibility index (Phi) is 5.81. The predicted octanol–water partition coefficient (Wildman–Crippen LogP) is 3.49. The number of hydrogen-bond acceptors (Lipinski definition) is 3. The van der Waals surface area contributed by atoms with Crippen molar-refractivity contribution in [3.63, 3.8) is 0 Å². The van der Waals surface area contributed by atoms with Crippen molar-refractivity contribution in [3.8, 4) is 11.3 Å². The van der Waals surface area contributed by atoms with Gasteiger partial charge in [-0.15, -0.1) is 0 Å². The number of hydrogen-bond donors (Lipinski definition) is 1. The first-order valence-electron chi connectivity index (χ1n) is 9.02. The molecule has 0 saturated heterocycles. The Morgan fingerprint density at radius 2 is 1.74 bits per heavy atom. The van der Waals surface area contributed by atoms with Crippen LogP contribution >= 0.6 is 0 Å². The SMILES string of the molecule is Cc1ccc(-c2ccc(=O)n(CCC(=O)N[C@@H](C)c3ccccc3)n2)cc1. The summed E-state index contributed by atoms with van der Waals surface area (Å²) in [7, 11) is 0. The number of carbonyl (C=O) groups is 1. The van der Waals surface area contributed by atoms with E-state index in [0.29, 0.717) is 5.69 Å². The fourth-order valence-corrected chi connectivity index (χ4v) is 2.83. The Morgan fingerprint density at radius 1 is 1.04 bits per heavy atom. The number of benzene rings is 2. The molecule has 0 bridgehead atoms. The average Bonchev–Trinajstić information content (AvgIpc) is 2.68. The molecule has 0 aliphatic rings. The lowest BCUT2D eigenvalue weighted by molar-refractivity contribution is -0.122. The molecule has 27 heavy (non-hydrogen) atoms. The van der Waals surface area contributed by atoms with Gasteiger partial charge in [0.25, 0.3) is 5.56 Å². The molecule has 3 rings (SSSR count). The fourth-order valence-electron chi connectivity index (χ4n) is 2.83. The second-order valence-electron chi connectivity index (χ2n) is 6.60. The first kappa shape index (κ1) is 18.6. The van der Waals surface area contributed by atoms with Gasteiger partial charge in [-0.3, -0.25) is 9.59 Å². The molecule has 0 radical (unpaired) electrons. The summed E-state index contributed by atoms with van der Waals surface area (Å²) in [6.45, 7) is 4.20. The normalized spacial score (nSPS) is 11.8. The molecule has 0 aliphatic heterocycles. The van der Waals surface area contributed by atoms with E-state index in [1.165, 1.54) is 10.7 Å². The maximum absolute atomic E-state index is 12.2. The summed E-state index contributed by atoms with van der Waals surface area (Å²) in [4.78, 5) is 24.3. The second kappa shape index (κ2) is 8.45. The number of rotatable bonds is 6. The van der Waals surface area contributed by atoms with E-state index in [2.05, 4.69) is 10.4 Å². The molecule has 5 heteroatoms. The van der Waals surface area contributed by atoms with Gasteiger partial charge in [-0.2, -0.15) is 5.10 Å². The quantitative estimate of drug-likeness (QED) is 0.731. The number of aryl methyl sites for hydroxylation is 2. The van der Waals surface area contributed by atoms with E-state index in [4.69, 9.17) is 0 Å².